The predicted molar refractivity (Wildman–Crippen MR) is 141 cm³/mol. The maximum Gasteiger partial charge on any atom is 0.161 e. The van der Waals surface area contributed by atoms with Crippen LogP contribution in [0.15, 0.2) is 48.8 Å². The van der Waals surface area contributed by atoms with Gasteiger partial charge in [0.25, 0.3) is 0 Å². The second kappa shape index (κ2) is 11.8. The molecular formula is C29H39N3O4. The summed E-state index contributed by atoms with van der Waals surface area (Å²) >= 11 is 0. The molecule has 0 radical (unpaired) electrons. The Morgan fingerprint density at radius 1 is 0.917 bits per heavy atom. The molecule has 1 saturated heterocycles. The van der Waals surface area contributed by atoms with Gasteiger partial charge in [-0.1, -0.05) is 23.8 Å². The molecule has 4 rings (SSSR count). The smallest absolute Gasteiger partial charge is 0.161 e. The summed E-state index contributed by atoms with van der Waals surface area (Å²) in [4.78, 5) is 6.73. The maximum absolute atomic E-state index is 6.21. The zero-order valence-electron chi connectivity index (χ0n) is 22.3. The lowest BCUT2D eigenvalue weighted by molar-refractivity contribution is -0.0840. The topological polar surface area (TPSA) is 58.0 Å². The first-order valence-electron chi connectivity index (χ1n) is 12.7. The highest BCUT2D eigenvalue weighted by atomic mass is 16.5. The summed E-state index contributed by atoms with van der Waals surface area (Å²) in [5.74, 6) is 3.45. The number of methoxy groups -OCH3 is 2. The Morgan fingerprint density at radius 3 is 2.36 bits per heavy atom. The molecule has 0 bridgehead atoms. The van der Waals surface area contributed by atoms with Crippen LogP contribution in [-0.2, 0) is 17.8 Å². The van der Waals surface area contributed by atoms with Crippen molar-refractivity contribution in [3.8, 4) is 17.2 Å². The van der Waals surface area contributed by atoms with Crippen LogP contribution in [0.4, 0.5) is 0 Å². The van der Waals surface area contributed by atoms with Gasteiger partial charge in [0.15, 0.2) is 11.5 Å². The van der Waals surface area contributed by atoms with E-state index in [-0.39, 0.29) is 5.60 Å². The predicted octanol–water partition coefficient (Wildman–Crippen LogP) is 4.96. The molecule has 36 heavy (non-hydrogen) atoms. The van der Waals surface area contributed by atoms with E-state index in [1.807, 2.05) is 25.4 Å². The standard InChI is InChI=1S/C29H39N3O4/c1-22-6-8-26(23(2)18-22)36-21-29(34-5)10-13-31(14-11-29)20-25-7-9-27(33-4)28(19-25)35-17-16-32-15-12-30-24(32)3/h6-9,12,15,18-19H,10-11,13-14,16-17,20-21H2,1-5H3. The Bertz CT molecular complexity index is 1140. The fraction of sp³-hybridized carbons (Fsp3) is 0.483. The third-order valence-corrected chi connectivity index (χ3v) is 7.17. The summed E-state index contributed by atoms with van der Waals surface area (Å²) in [6, 6.07) is 12.5. The molecule has 0 atom stereocenters. The van der Waals surface area contributed by atoms with Gasteiger partial charge in [-0.15, -0.1) is 0 Å². The summed E-state index contributed by atoms with van der Waals surface area (Å²) in [6.45, 7) is 10.8. The third-order valence-electron chi connectivity index (χ3n) is 7.17. The molecule has 3 aromatic rings. The minimum absolute atomic E-state index is 0.256. The average molecular weight is 494 g/mol. The molecule has 1 fully saturated rings. The molecule has 0 spiro atoms. The fourth-order valence-corrected chi connectivity index (χ4v) is 4.78. The minimum atomic E-state index is -0.256. The fourth-order valence-electron chi connectivity index (χ4n) is 4.78. The first-order chi connectivity index (χ1) is 17.4. The van der Waals surface area contributed by atoms with Gasteiger partial charge in [-0.05, 0) is 62.9 Å². The number of hydrogen-bond donors (Lipinski definition) is 0. The molecule has 194 valence electrons. The summed E-state index contributed by atoms with van der Waals surface area (Å²) in [5, 5.41) is 0. The van der Waals surface area contributed by atoms with E-state index >= 15 is 0 Å². The van der Waals surface area contributed by atoms with E-state index in [9.17, 15) is 0 Å². The third kappa shape index (κ3) is 6.39. The van der Waals surface area contributed by atoms with Gasteiger partial charge in [0.2, 0.25) is 0 Å². The number of imidazole rings is 1. The molecule has 0 saturated carbocycles. The van der Waals surface area contributed by atoms with Crippen molar-refractivity contribution < 1.29 is 18.9 Å². The van der Waals surface area contributed by atoms with Crippen molar-refractivity contribution in [3.05, 3.63) is 71.3 Å². The van der Waals surface area contributed by atoms with Gasteiger partial charge in [0.05, 0.1) is 13.7 Å². The van der Waals surface area contributed by atoms with E-state index in [1.54, 1.807) is 14.2 Å². The van der Waals surface area contributed by atoms with Gasteiger partial charge in [0, 0.05) is 39.1 Å². The first kappa shape index (κ1) is 26.0. The van der Waals surface area contributed by atoms with Crippen molar-refractivity contribution in [1.29, 1.82) is 0 Å². The number of benzene rings is 2. The number of rotatable bonds is 11. The monoisotopic (exact) mass is 493 g/mol. The Kier molecular flexibility index (Phi) is 8.54. The number of piperidine rings is 1. The number of likely N-dealkylation sites (tertiary alicyclic amines) is 1. The maximum atomic E-state index is 6.21. The highest BCUT2D eigenvalue weighted by Crippen LogP contribution is 2.31. The highest BCUT2D eigenvalue weighted by molar-refractivity contribution is 5.43. The van der Waals surface area contributed by atoms with Crippen LogP contribution < -0.4 is 14.2 Å². The largest absolute Gasteiger partial charge is 0.493 e. The summed E-state index contributed by atoms with van der Waals surface area (Å²) in [5.41, 5.74) is 3.36. The Hall–Kier alpha value is -3.03. The van der Waals surface area contributed by atoms with Gasteiger partial charge in [-0.25, -0.2) is 4.98 Å². The molecule has 1 aliphatic rings. The van der Waals surface area contributed by atoms with Crippen LogP contribution >= 0.6 is 0 Å². The van der Waals surface area contributed by atoms with E-state index in [4.69, 9.17) is 18.9 Å². The molecule has 1 aliphatic heterocycles. The Morgan fingerprint density at radius 2 is 1.69 bits per heavy atom. The van der Waals surface area contributed by atoms with E-state index in [1.165, 1.54) is 11.1 Å². The van der Waals surface area contributed by atoms with Crippen LogP contribution in [0, 0.1) is 20.8 Å². The quantitative estimate of drug-likeness (QED) is 0.377. The lowest BCUT2D eigenvalue weighted by atomic mass is 9.91. The Labute approximate surface area is 215 Å². The van der Waals surface area contributed by atoms with Crippen LogP contribution in [0.3, 0.4) is 0 Å². The molecule has 7 heteroatoms. The summed E-state index contributed by atoms with van der Waals surface area (Å²) < 4.78 is 25.9. The van der Waals surface area contributed by atoms with Crippen LogP contribution in [-0.4, -0.2) is 60.6 Å². The van der Waals surface area contributed by atoms with Crippen molar-refractivity contribution in [2.75, 3.05) is 40.5 Å². The minimum Gasteiger partial charge on any atom is -0.493 e. The molecule has 0 aliphatic carbocycles. The number of ether oxygens (including phenoxy) is 4. The van der Waals surface area contributed by atoms with E-state index in [0.717, 1.165) is 67.7 Å². The van der Waals surface area contributed by atoms with Crippen molar-refractivity contribution in [2.45, 2.75) is 52.3 Å². The molecule has 2 heterocycles. The van der Waals surface area contributed by atoms with Crippen LogP contribution in [0.1, 0.15) is 35.4 Å². The van der Waals surface area contributed by atoms with Gasteiger partial charge in [0.1, 0.15) is 30.4 Å². The molecular weight excluding hydrogens is 454 g/mol. The lowest BCUT2D eigenvalue weighted by Crippen LogP contribution is -2.48. The molecule has 7 nitrogen and oxygen atoms in total. The van der Waals surface area contributed by atoms with E-state index < -0.39 is 0 Å². The van der Waals surface area contributed by atoms with Gasteiger partial charge >= 0.3 is 0 Å². The van der Waals surface area contributed by atoms with Gasteiger partial charge < -0.3 is 23.5 Å². The Balaban J connectivity index is 1.31. The molecule has 0 N–H and O–H groups in total. The number of aromatic nitrogens is 2. The van der Waals surface area contributed by atoms with E-state index in [0.29, 0.717) is 13.2 Å². The van der Waals surface area contributed by atoms with Crippen molar-refractivity contribution >= 4 is 0 Å². The summed E-state index contributed by atoms with van der Waals surface area (Å²) in [7, 11) is 3.48. The normalized spacial score (nSPS) is 15.6. The molecule has 0 amide bonds. The van der Waals surface area contributed by atoms with Crippen molar-refractivity contribution in [1.82, 2.24) is 14.5 Å². The average Bonchev–Trinajstić information content (AvgIpc) is 3.29. The van der Waals surface area contributed by atoms with Gasteiger partial charge in [-0.2, -0.15) is 0 Å². The van der Waals surface area contributed by atoms with Crippen LogP contribution in [0.5, 0.6) is 17.2 Å². The first-order valence-corrected chi connectivity index (χ1v) is 12.7. The van der Waals surface area contributed by atoms with Crippen LogP contribution in [0.25, 0.3) is 0 Å². The highest BCUT2D eigenvalue weighted by Gasteiger charge is 2.35. The SMILES string of the molecule is COc1ccc(CN2CCC(COc3ccc(C)cc3C)(OC)CC2)cc1OCCn1ccnc1C. The molecule has 1 aromatic heterocycles. The number of hydrogen-bond acceptors (Lipinski definition) is 6. The lowest BCUT2D eigenvalue weighted by Gasteiger charge is -2.40. The summed E-state index contributed by atoms with van der Waals surface area (Å²) in [6.07, 6.45) is 5.63. The van der Waals surface area contributed by atoms with Crippen LogP contribution in [0.2, 0.25) is 0 Å². The molecule has 0 unspecified atom stereocenters. The van der Waals surface area contributed by atoms with Crippen molar-refractivity contribution in [3.63, 3.8) is 0 Å². The second-order valence-corrected chi connectivity index (χ2v) is 9.72. The van der Waals surface area contributed by atoms with Gasteiger partial charge in [-0.3, -0.25) is 4.90 Å². The second-order valence-electron chi connectivity index (χ2n) is 9.72. The number of nitrogens with zero attached hydrogens (tertiary/aromatic N) is 3. The zero-order chi connectivity index (χ0) is 25.5. The molecule has 2 aromatic carbocycles. The van der Waals surface area contributed by atoms with E-state index in [2.05, 4.69) is 58.6 Å². The number of aryl methyl sites for hydroxylation is 3. The zero-order valence-corrected chi connectivity index (χ0v) is 22.3. The van der Waals surface area contributed by atoms with Crippen molar-refractivity contribution in [2.24, 2.45) is 0 Å².